The Balaban J connectivity index is 1.41. The van der Waals surface area contributed by atoms with E-state index in [9.17, 15) is 4.79 Å². The number of rotatable bonds is 2. The van der Waals surface area contributed by atoms with Crippen LogP contribution < -0.4 is 4.90 Å². The molecule has 0 N–H and O–H groups in total. The maximum Gasteiger partial charge on any atom is 0.286 e. The number of pyridine rings is 1. The number of anilines is 1. The Hall–Kier alpha value is -2.31. The molecule has 3 heterocycles. The predicted octanol–water partition coefficient (Wildman–Crippen LogP) is 3.53. The maximum atomic E-state index is 12.2. The number of carbonyl (C=O) groups excluding carboxylic acids is 1. The summed E-state index contributed by atoms with van der Waals surface area (Å²) in [6.07, 6.45) is 3.65. The summed E-state index contributed by atoms with van der Waals surface area (Å²) in [6.45, 7) is 3.15. The second-order valence-electron chi connectivity index (χ2n) is 6.00. The number of nitrogens with zero attached hydrogens (tertiary/aromatic N) is 4. The first-order valence-corrected chi connectivity index (χ1v) is 9.58. The largest absolute Gasteiger partial charge is 0.352 e. The molecule has 1 saturated heterocycles. The van der Waals surface area contributed by atoms with E-state index < -0.39 is 0 Å². The Morgan fingerprint density at radius 2 is 1.73 bits per heavy atom. The number of amides is 1. The van der Waals surface area contributed by atoms with Gasteiger partial charge < -0.3 is 9.80 Å². The molecule has 2 aromatic rings. The van der Waals surface area contributed by atoms with E-state index in [1.54, 1.807) is 6.20 Å². The van der Waals surface area contributed by atoms with E-state index >= 15 is 0 Å². The van der Waals surface area contributed by atoms with Crippen molar-refractivity contribution in [2.45, 2.75) is 0 Å². The molecule has 2 aliphatic rings. The van der Waals surface area contributed by atoms with Crippen LogP contribution in [0.15, 0.2) is 58.6 Å². The number of aromatic nitrogens is 1. The van der Waals surface area contributed by atoms with Crippen LogP contribution in [0, 0.1) is 0 Å². The summed E-state index contributed by atoms with van der Waals surface area (Å²) in [5.41, 5.74) is 1.01. The minimum atomic E-state index is -0.163. The molecule has 26 heavy (non-hydrogen) atoms. The molecule has 132 valence electrons. The average Bonchev–Trinajstić information content (AvgIpc) is 3.04. The fraction of sp³-hybridized carbons (Fsp3) is 0.211. The normalized spacial score (nSPS) is 19.2. The lowest BCUT2D eigenvalue weighted by Gasteiger charge is -2.36. The maximum absolute atomic E-state index is 12.2. The number of aliphatic imine (C=N–C) groups is 1. The van der Waals surface area contributed by atoms with Gasteiger partial charge in [0.05, 0.1) is 9.93 Å². The minimum Gasteiger partial charge on any atom is -0.352 e. The highest BCUT2D eigenvalue weighted by atomic mass is 35.5. The van der Waals surface area contributed by atoms with Gasteiger partial charge in [-0.1, -0.05) is 41.9 Å². The van der Waals surface area contributed by atoms with Crippen molar-refractivity contribution in [3.63, 3.8) is 0 Å². The van der Waals surface area contributed by atoms with Crippen LogP contribution in [-0.2, 0) is 4.79 Å². The van der Waals surface area contributed by atoms with Crippen LogP contribution in [0.2, 0.25) is 5.02 Å². The second kappa shape index (κ2) is 7.51. The van der Waals surface area contributed by atoms with Crippen LogP contribution in [0.25, 0.3) is 6.08 Å². The highest BCUT2D eigenvalue weighted by molar-refractivity contribution is 8.18. The molecule has 5 nitrogen and oxygen atoms in total. The zero-order valence-electron chi connectivity index (χ0n) is 14.0. The van der Waals surface area contributed by atoms with Crippen molar-refractivity contribution in [1.29, 1.82) is 0 Å². The third-order valence-corrected chi connectivity index (χ3v) is 5.63. The molecule has 0 spiro atoms. The third-order valence-electron chi connectivity index (χ3n) is 4.30. The Bertz CT molecular complexity index is 876. The molecule has 2 aliphatic heterocycles. The number of carbonyl (C=O) groups is 1. The number of hydrogen-bond donors (Lipinski definition) is 0. The lowest BCUT2D eigenvalue weighted by molar-refractivity contribution is -0.113. The molecule has 0 bridgehead atoms. The molecule has 1 fully saturated rings. The topological polar surface area (TPSA) is 48.8 Å². The predicted molar refractivity (Wildman–Crippen MR) is 107 cm³/mol. The van der Waals surface area contributed by atoms with Crippen LogP contribution >= 0.6 is 23.4 Å². The van der Waals surface area contributed by atoms with E-state index in [4.69, 9.17) is 11.6 Å². The van der Waals surface area contributed by atoms with Gasteiger partial charge in [0, 0.05) is 32.4 Å². The van der Waals surface area contributed by atoms with Crippen LogP contribution in [0.1, 0.15) is 5.56 Å². The number of amidine groups is 1. The zero-order chi connectivity index (χ0) is 17.9. The quantitative estimate of drug-likeness (QED) is 0.741. The number of benzene rings is 1. The Kier molecular flexibility index (Phi) is 4.95. The van der Waals surface area contributed by atoms with Crippen LogP contribution in [0.5, 0.6) is 0 Å². The van der Waals surface area contributed by atoms with Crippen molar-refractivity contribution < 1.29 is 4.79 Å². The standard InChI is InChI=1S/C19H17ClN4OS/c20-15-7-4-8-21-17(15)23-9-11-24(12-10-23)19-22-18(25)16(26-19)13-14-5-2-1-3-6-14/h1-8,13H,9-12H2. The fourth-order valence-corrected chi connectivity index (χ4v) is 4.16. The molecule has 0 saturated carbocycles. The number of halogens is 1. The molecule has 7 heteroatoms. The van der Waals surface area contributed by atoms with E-state index in [-0.39, 0.29) is 5.91 Å². The van der Waals surface area contributed by atoms with Gasteiger partial charge in [-0.05, 0) is 35.5 Å². The molecule has 1 aromatic heterocycles. The molecule has 0 unspecified atom stereocenters. The van der Waals surface area contributed by atoms with Gasteiger partial charge in [-0.15, -0.1) is 0 Å². The van der Waals surface area contributed by atoms with Gasteiger partial charge in [-0.2, -0.15) is 4.99 Å². The second-order valence-corrected chi connectivity index (χ2v) is 7.42. The summed E-state index contributed by atoms with van der Waals surface area (Å²) < 4.78 is 0. The Morgan fingerprint density at radius 3 is 2.46 bits per heavy atom. The molecule has 1 amide bonds. The zero-order valence-corrected chi connectivity index (χ0v) is 15.6. The van der Waals surface area contributed by atoms with E-state index in [1.807, 2.05) is 48.5 Å². The van der Waals surface area contributed by atoms with Crippen molar-refractivity contribution >= 4 is 46.3 Å². The monoisotopic (exact) mass is 384 g/mol. The first kappa shape index (κ1) is 17.1. The third kappa shape index (κ3) is 3.61. The molecule has 0 aliphatic carbocycles. The lowest BCUT2D eigenvalue weighted by atomic mass is 10.2. The fourth-order valence-electron chi connectivity index (χ4n) is 2.95. The Labute approximate surface area is 161 Å². The first-order valence-electron chi connectivity index (χ1n) is 8.39. The van der Waals surface area contributed by atoms with Crippen molar-refractivity contribution in [2.75, 3.05) is 31.1 Å². The smallest absolute Gasteiger partial charge is 0.286 e. The molecule has 4 rings (SSSR count). The molecule has 0 atom stereocenters. The van der Waals surface area contributed by atoms with Gasteiger partial charge in [0.2, 0.25) is 0 Å². The summed E-state index contributed by atoms with van der Waals surface area (Å²) in [6, 6.07) is 13.5. The molecule has 0 radical (unpaired) electrons. The summed E-state index contributed by atoms with van der Waals surface area (Å²) in [7, 11) is 0. The van der Waals surface area contributed by atoms with Gasteiger partial charge >= 0.3 is 0 Å². The molecular weight excluding hydrogens is 368 g/mol. The number of hydrogen-bond acceptors (Lipinski definition) is 5. The summed E-state index contributed by atoms with van der Waals surface area (Å²) in [5.74, 6) is 0.652. The summed E-state index contributed by atoms with van der Waals surface area (Å²) in [4.78, 5) is 25.8. The SMILES string of the molecule is O=C1N=C(N2CCN(c3ncccc3Cl)CC2)SC1=Cc1ccccc1. The summed E-state index contributed by atoms with van der Waals surface area (Å²) in [5, 5.41) is 1.45. The van der Waals surface area contributed by atoms with Crippen LogP contribution in [-0.4, -0.2) is 47.1 Å². The van der Waals surface area contributed by atoms with Gasteiger partial charge in [0.25, 0.3) is 5.91 Å². The van der Waals surface area contributed by atoms with Crippen molar-refractivity contribution in [3.8, 4) is 0 Å². The van der Waals surface area contributed by atoms with Gasteiger partial charge in [-0.25, -0.2) is 4.98 Å². The van der Waals surface area contributed by atoms with Crippen molar-refractivity contribution in [2.24, 2.45) is 4.99 Å². The van der Waals surface area contributed by atoms with Gasteiger partial charge in [-0.3, -0.25) is 4.79 Å². The van der Waals surface area contributed by atoms with Gasteiger partial charge in [0.1, 0.15) is 5.82 Å². The molecular formula is C19H17ClN4OS. The first-order chi connectivity index (χ1) is 12.7. The van der Waals surface area contributed by atoms with Gasteiger partial charge in [0.15, 0.2) is 5.17 Å². The minimum absolute atomic E-state index is 0.163. The highest BCUT2D eigenvalue weighted by Crippen LogP contribution is 2.31. The highest BCUT2D eigenvalue weighted by Gasteiger charge is 2.29. The summed E-state index contributed by atoms with van der Waals surface area (Å²) >= 11 is 7.69. The van der Waals surface area contributed by atoms with Crippen LogP contribution in [0.4, 0.5) is 5.82 Å². The Morgan fingerprint density at radius 1 is 1.00 bits per heavy atom. The number of thioether (sulfide) groups is 1. The average molecular weight is 385 g/mol. The van der Waals surface area contributed by atoms with E-state index in [1.165, 1.54) is 11.8 Å². The molecule has 1 aromatic carbocycles. The van der Waals surface area contributed by atoms with Crippen LogP contribution in [0.3, 0.4) is 0 Å². The number of piperazine rings is 1. The lowest BCUT2D eigenvalue weighted by Crippen LogP contribution is -2.48. The van der Waals surface area contributed by atoms with Crippen molar-refractivity contribution in [3.05, 3.63) is 64.2 Å². The van der Waals surface area contributed by atoms with E-state index in [0.29, 0.717) is 9.93 Å². The van der Waals surface area contributed by atoms with Crippen molar-refractivity contribution in [1.82, 2.24) is 9.88 Å². The van der Waals surface area contributed by atoms with E-state index in [2.05, 4.69) is 19.8 Å². The van der Waals surface area contributed by atoms with E-state index in [0.717, 1.165) is 42.7 Å².